The fourth-order valence-electron chi connectivity index (χ4n) is 2.27. The van der Waals surface area contributed by atoms with Gasteiger partial charge in [0, 0.05) is 17.8 Å². The van der Waals surface area contributed by atoms with Crippen molar-refractivity contribution in [1.29, 1.82) is 0 Å². The topological polar surface area (TPSA) is 30.7 Å². The van der Waals surface area contributed by atoms with Crippen LogP contribution in [0.4, 0.5) is 8.78 Å². The third-order valence-electron chi connectivity index (χ3n) is 3.38. The summed E-state index contributed by atoms with van der Waals surface area (Å²) in [6.45, 7) is 2.14. The van der Waals surface area contributed by atoms with Crippen molar-refractivity contribution in [2.45, 2.75) is 19.3 Å². The number of alkyl halides is 1. The lowest BCUT2D eigenvalue weighted by atomic mass is 10.2. The van der Waals surface area contributed by atoms with Gasteiger partial charge < -0.3 is 4.57 Å². The number of rotatable bonds is 3. The van der Waals surface area contributed by atoms with Crippen molar-refractivity contribution in [3.63, 3.8) is 0 Å². The highest BCUT2D eigenvalue weighted by molar-refractivity contribution is 6.16. The Bertz CT molecular complexity index is 814. The van der Waals surface area contributed by atoms with Gasteiger partial charge in [0.15, 0.2) is 5.65 Å². The first-order chi connectivity index (χ1) is 10.1. The maximum atomic E-state index is 13.8. The molecular weight excluding hydrogens is 296 g/mol. The average molecular weight is 308 g/mol. The second kappa shape index (κ2) is 5.41. The van der Waals surface area contributed by atoms with Gasteiger partial charge in [-0.15, -0.1) is 11.6 Å². The van der Waals surface area contributed by atoms with Crippen molar-refractivity contribution in [2.24, 2.45) is 0 Å². The lowest BCUT2D eigenvalue weighted by Crippen LogP contribution is -2.06. The molecule has 3 nitrogen and oxygen atoms in total. The van der Waals surface area contributed by atoms with E-state index in [1.165, 1.54) is 12.1 Å². The number of benzene rings is 1. The highest BCUT2D eigenvalue weighted by atomic mass is 35.5. The molecule has 0 saturated carbocycles. The first-order valence-corrected chi connectivity index (χ1v) is 6.94. The minimum absolute atomic E-state index is 0.193. The van der Waals surface area contributed by atoms with E-state index in [1.54, 1.807) is 10.8 Å². The molecule has 0 radical (unpaired) electrons. The number of hydrogen-bond acceptors (Lipinski definition) is 2. The number of imidazole rings is 1. The summed E-state index contributed by atoms with van der Waals surface area (Å²) < 4.78 is 28.6. The molecule has 2 heterocycles. The first kappa shape index (κ1) is 13.9. The zero-order valence-corrected chi connectivity index (χ0v) is 12.0. The van der Waals surface area contributed by atoms with Crippen LogP contribution in [-0.4, -0.2) is 14.5 Å². The predicted octanol–water partition coefficient (Wildman–Crippen LogP) is 3.81. The maximum absolute atomic E-state index is 13.8. The standard InChI is InChI=1S/C15H12ClF2N3/c1-9-4-5-19-15-14(9)20-13(7-16)21(15)8-10-2-3-11(17)6-12(10)18/h2-6H,7-8H2,1H3. The van der Waals surface area contributed by atoms with Crippen molar-refractivity contribution in [3.05, 3.63) is 59.0 Å². The van der Waals surface area contributed by atoms with Crippen LogP contribution in [-0.2, 0) is 12.4 Å². The number of fused-ring (bicyclic) bond motifs is 1. The highest BCUT2D eigenvalue weighted by Gasteiger charge is 2.14. The van der Waals surface area contributed by atoms with E-state index >= 15 is 0 Å². The fraction of sp³-hybridized carbons (Fsp3) is 0.200. The summed E-state index contributed by atoms with van der Waals surface area (Å²) in [5.74, 6) is -0.390. The molecule has 3 rings (SSSR count). The third-order valence-corrected chi connectivity index (χ3v) is 3.62. The molecule has 0 atom stereocenters. The van der Waals surface area contributed by atoms with Crippen LogP contribution in [0.3, 0.4) is 0 Å². The zero-order valence-electron chi connectivity index (χ0n) is 11.3. The second-order valence-electron chi connectivity index (χ2n) is 4.78. The maximum Gasteiger partial charge on any atom is 0.160 e. The fourth-order valence-corrected chi connectivity index (χ4v) is 2.48. The third kappa shape index (κ3) is 2.49. The van der Waals surface area contributed by atoms with Gasteiger partial charge in [0.05, 0.1) is 12.4 Å². The van der Waals surface area contributed by atoms with E-state index in [4.69, 9.17) is 11.6 Å². The van der Waals surface area contributed by atoms with E-state index in [0.717, 1.165) is 17.1 Å². The molecular formula is C15H12ClF2N3. The molecule has 0 fully saturated rings. The van der Waals surface area contributed by atoms with Crippen LogP contribution in [0, 0.1) is 18.6 Å². The van der Waals surface area contributed by atoms with E-state index in [-0.39, 0.29) is 12.4 Å². The normalized spacial score (nSPS) is 11.2. The van der Waals surface area contributed by atoms with Gasteiger partial charge in [-0.25, -0.2) is 18.7 Å². The molecule has 0 N–H and O–H groups in total. The zero-order chi connectivity index (χ0) is 15.0. The van der Waals surface area contributed by atoms with Gasteiger partial charge in [-0.2, -0.15) is 0 Å². The Kier molecular flexibility index (Phi) is 3.59. The summed E-state index contributed by atoms with van der Waals surface area (Å²) in [6.07, 6.45) is 1.68. The van der Waals surface area contributed by atoms with Crippen LogP contribution in [0.2, 0.25) is 0 Å². The number of hydrogen-bond donors (Lipinski definition) is 0. The van der Waals surface area contributed by atoms with Crippen LogP contribution in [0.15, 0.2) is 30.5 Å². The van der Waals surface area contributed by atoms with Crippen LogP contribution >= 0.6 is 11.6 Å². The highest BCUT2D eigenvalue weighted by Crippen LogP contribution is 2.21. The molecule has 0 amide bonds. The molecule has 0 aliphatic rings. The number of nitrogens with zero attached hydrogens (tertiary/aromatic N) is 3. The van der Waals surface area contributed by atoms with Crippen molar-refractivity contribution >= 4 is 22.8 Å². The quantitative estimate of drug-likeness (QED) is 0.689. The summed E-state index contributed by atoms with van der Waals surface area (Å²) in [5.41, 5.74) is 2.74. The molecule has 0 aliphatic heterocycles. The summed E-state index contributed by atoms with van der Waals surface area (Å²) >= 11 is 5.92. The smallest absolute Gasteiger partial charge is 0.160 e. The van der Waals surface area contributed by atoms with Crippen LogP contribution in [0.25, 0.3) is 11.2 Å². The molecule has 108 valence electrons. The lowest BCUT2D eigenvalue weighted by molar-refractivity contribution is 0.566. The molecule has 1 aromatic carbocycles. The minimum atomic E-state index is -0.599. The minimum Gasteiger partial charge on any atom is -0.307 e. The van der Waals surface area contributed by atoms with Crippen molar-refractivity contribution in [2.75, 3.05) is 0 Å². The molecule has 0 saturated heterocycles. The van der Waals surface area contributed by atoms with E-state index in [1.807, 2.05) is 13.0 Å². The van der Waals surface area contributed by atoms with Gasteiger partial charge in [-0.3, -0.25) is 0 Å². The van der Waals surface area contributed by atoms with Crippen LogP contribution in [0.1, 0.15) is 17.0 Å². The monoisotopic (exact) mass is 307 g/mol. The van der Waals surface area contributed by atoms with Crippen LogP contribution < -0.4 is 0 Å². The summed E-state index contributed by atoms with van der Waals surface area (Å²) in [6, 6.07) is 5.38. The molecule has 21 heavy (non-hydrogen) atoms. The van der Waals surface area contributed by atoms with Gasteiger partial charge in [0.2, 0.25) is 0 Å². The van der Waals surface area contributed by atoms with Crippen molar-refractivity contribution in [1.82, 2.24) is 14.5 Å². The SMILES string of the molecule is Cc1ccnc2c1nc(CCl)n2Cc1ccc(F)cc1F. The molecule has 0 aliphatic carbocycles. The number of halogens is 3. The Morgan fingerprint density at radius 3 is 2.76 bits per heavy atom. The molecule has 0 bridgehead atoms. The number of aromatic nitrogens is 3. The van der Waals surface area contributed by atoms with Crippen molar-refractivity contribution in [3.8, 4) is 0 Å². The molecule has 0 unspecified atom stereocenters. The first-order valence-electron chi connectivity index (χ1n) is 6.40. The molecule has 3 aromatic rings. The molecule has 6 heteroatoms. The Balaban J connectivity index is 2.13. The Morgan fingerprint density at radius 2 is 2.05 bits per heavy atom. The van der Waals surface area contributed by atoms with Crippen molar-refractivity contribution < 1.29 is 8.78 Å². The Hall–Kier alpha value is -2.01. The summed E-state index contributed by atoms with van der Waals surface area (Å²) in [5, 5.41) is 0. The van der Waals surface area contributed by atoms with Crippen LogP contribution in [0.5, 0.6) is 0 Å². The van der Waals surface area contributed by atoms with Gasteiger partial charge in [-0.1, -0.05) is 6.07 Å². The molecule has 0 spiro atoms. The van der Waals surface area contributed by atoms with Gasteiger partial charge in [0.25, 0.3) is 0 Å². The molecule has 2 aromatic heterocycles. The van der Waals surface area contributed by atoms with E-state index in [9.17, 15) is 8.78 Å². The summed E-state index contributed by atoms with van der Waals surface area (Å²) in [7, 11) is 0. The van der Waals surface area contributed by atoms with E-state index in [0.29, 0.717) is 17.0 Å². The van der Waals surface area contributed by atoms with Gasteiger partial charge in [-0.05, 0) is 24.6 Å². The van der Waals surface area contributed by atoms with Gasteiger partial charge in [0.1, 0.15) is 23.0 Å². The Morgan fingerprint density at radius 1 is 1.24 bits per heavy atom. The predicted molar refractivity (Wildman–Crippen MR) is 77.3 cm³/mol. The summed E-state index contributed by atoms with van der Waals surface area (Å²) in [4.78, 5) is 8.75. The largest absolute Gasteiger partial charge is 0.307 e. The van der Waals surface area contributed by atoms with E-state index < -0.39 is 11.6 Å². The number of aryl methyl sites for hydroxylation is 1. The lowest BCUT2D eigenvalue weighted by Gasteiger charge is -2.08. The number of pyridine rings is 1. The second-order valence-corrected chi connectivity index (χ2v) is 5.05. The average Bonchev–Trinajstić information content (AvgIpc) is 2.81. The Labute approximate surface area is 125 Å². The van der Waals surface area contributed by atoms with E-state index in [2.05, 4.69) is 9.97 Å². The van der Waals surface area contributed by atoms with Gasteiger partial charge >= 0.3 is 0 Å².